The molecule has 1 aromatic rings. The first-order valence-corrected chi connectivity index (χ1v) is 6.76. The summed E-state index contributed by atoms with van der Waals surface area (Å²) in [4.78, 5) is 28.8. The normalized spacial score (nSPS) is 11.9. The molecule has 0 spiro atoms. The molecular weight excluding hydrogens is 272 g/mol. The molecule has 6 nitrogen and oxygen atoms in total. The predicted molar refractivity (Wildman–Crippen MR) is 78.5 cm³/mol. The van der Waals surface area contributed by atoms with Gasteiger partial charge in [-0.05, 0) is 19.4 Å². The van der Waals surface area contributed by atoms with Crippen molar-refractivity contribution in [1.82, 2.24) is 10.4 Å². The number of hydrogen-bond acceptors (Lipinski definition) is 4. The zero-order chi connectivity index (χ0) is 15.8. The van der Waals surface area contributed by atoms with Crippen LogP contribution < -0.4 is 5.32 Å². The van der Waals surface area contributed by atoms with Crippen LogP contribution in [-0.2, 0) is 20.8 Å². The second kappa shape index (κ2) is 8.26. The maximum absolute atomic E-state index is 12.2. The molecule has 1 rings (SSSR count). The van der Waals surface area contributed by atoms with Crippen molar-refractivity contribution in [2.24, 2.45) is 0 Å². The number of alkyl carbamates (subject to hydrolysis) is 1. The average Bonchev–Trinajstić information content (AvgIpc) is 2.45. The molecule has 1 aromatic carbocycles. The van der Waals surface area contributed by atoms with E-state index in [1.54, 1.807) is 13.8 Å². The molecule has 0 aliphatic carbocycles. The van der Waals surface area contributed by atoms with Gasteiger partial charge in [-0.25, -0.2) is 9.86 Å². The van der Waals surface area contributed by atoms with Crippen LogP contribution in [0.1, 0.15) is 19.4 Å². The molecule has 116 valence electrons. The number of carbonyl (C=O) groups excluding carboxylic acids is 2. The third kappa shape index (κ3) is 5.83. The molecule has 1 N–H and O–H groups in total. The number of hydroxylamine groups is 2. The lowest BCUT2D eigenvalue weighted by Crippen LogP contribution is -2.48. The van der Waals surface area contributed by atoms with E-state index in [1.165, 1.54) is 14.2 Å². The lowest BCUT2D eigenvalue weighted by molar-refractivity contribution is -0.170. The molecule has 0 saturated heterocycles. The van der Waals surface area contributed by atoms with Gasteiger partial charge in [0.1, 0.15) is 6.04 Å². The molecule has 0 aliphatic rings. The molecule has 1 unspecified atom stereocenters. The zero-order valence-electron chi connectivity index (χ0n) is 12.8. The van der Waals surface area contributed by atoms with Gasteiger partial charge in [-0.1, -0.05) is 30.3 Å². The number of benzene rings is 1. The van der Waals surface area contributed by atoms with Crippen molar-refractivity contribution in [1.29, 1.82) is 0 Å². The van der Waals surface area contributed by atoms with Crippen LogP contribution in [0.4, 0.5) is 4.79 Å². The van der Waals surface area contributed by atoms with Crippen molar-refractivity contribution in [3.05, 3.63) is 35.9 Å². The standard InChI is InChI=1S/C15H22N2O4/c1-11(2)21-15(19)16-13(14(18)17(3)20-4)10-12-8-6-5-7-9-12/h5-9,11,13H,10H2,1-4H3,(H,16,19). The van der Waals surface area contributed by atoms with E-state index < -0.39 is 12.1 Å². The SMILES string of the molecule is CON(C)C(=O)C(Cc1ccccc1)NC(=O)OC(C)C. The molecule has 0 saturated carbocycles. The van der Waals surface area contributed by atoms with Crippen molar-refractivity contribution < 1.29 is 19.2 Å². The second-order valence-corrected chi connectivity index (χ2v) is 4.86. The van der Waals surface area contributed by atoms with Gasteiger partial charge in [0.25, 0.3) is 5.91 Å². The Morgan fingerprint density at radius 3 is 2.38 bits per heavy atom. The topological polar surface area (TPSA) is 67.9 Å². The van der Waals surface area contributed by atoms with Gasteiger partial charge in [-0.2, -0.15) is 0 Å². The summed E-state index contributed by atoms with van der Waals surface area (Å²) >= 11 is 0. The molecule has 0 aliphatic heterocycles. The van der Waals surface area contributed by atoms with Crippen molar-refractivity contribution in [3.63, 3.8) is 0 Å². The van der Waals surface area contributed by atoms with Crippen LogP contribution in [0.15, 0.2) is 30.3 Å². The lowest BCUT2D eigenvalue weighted by atomic mass is 10.1. The molecule has 0 aromatic heterocycles. The van der Waals surface area contributed by atoms with E-state index in [0.717, 1.165) is 10.6 Å². The Kier molecular flexibility index (Phi) is 6.68. The van der Waals surface area contributed by atoms with Gasteiger partial charge in [0.05, 0.1) is 13.2 Å². The minimum Gasteiger partial charge on any atom is -0.447 e. The van der Waals surface area contributed by atoms with E-state index in [4.69, 9.17) is 9.57 Å². The van der Waals surface area contributed by atoms with Gasteiger partial charge in [-0.3, -0.25) is 9.63 Å². The summed E-state index contributed by atoms with van der Waals surface area (Å²) in [6, 6.07) is 8.68. The van der Waals surface area contributed by atoms with E-state index in [0.29, 0.717) is 6.42 Å². The summed E-state index contributed by atoms with van der Waals surface area (Å²) < 4.78 is 5.02. The summed E-state index contributed by atoms with van der Waals surface area (Å²) in [5.74, 6) is -0.345. The molecule has 0 bridgehead atoms. The molecular formula is C15H22N2O4. The van der Waals surface area contributed by atoms with Crippen molar-refractivity contribution in [2.45, 2.75) is 32.4 Å². The van der Waals surface area contributed by atoms with E-state index in [1.807, 2.05) is 30.3 Å². The highest BCUT2D eigenvalue weighted by molar-refractivity contribution is 5.85. The number of hydrogen-bond donors (Lipinski definition) is 1. The van der Waals surface area contributed by atoms with Gasteiger partial charge < -0.3 is 10.1 Å². The largest absolute Gasteiger partial charge is 0.447 e. The third-order valence-electron chi connectivity index (χ3n) is 2.80. The summed E-state index contributed by atoms with van der Waals surface area (Å²) in [6.07, 6.45) is -0.512. The maximum atomic E-state index is 12.2. The van der Waals surface area contributed by atoms with Crippen molar-refractivity contribution in [3.8, 4) is 0 Å². The number of rotatable bonds is 6. The molecule has 0 heterocycles. The van der Waals surface area contributed by atoms with E-state index in [2.05, 4.69) is 5.32 Å². The number of ether oxygens (including phenoxy) is 1. The van der Waals surface area contributed by atoms with Gasteiger partial charge >= 0.3 is 6.09 Å². The fraction of sp³-hybridized carbons (Fsp3) is 0.467. The Morgan fingerprint density at radius 1 is 1.24 bits per heavy atom. The monoisotopic (exact) mass is 294 g/mol. The number of nitrogens with zero attached hydrogens (tertiary/aromatic N) is 1. The summed E-state index contributed by atoms with van der Waals surface area (Å²) in [5.41, 5.74) is 0.935. The summed E-state index contributed by atoms with van der Waals surface area (Å²) in [7, 11) is 2.89. The quantitative estimate of drug-likeness (QED) is 0.812. The predicted octanol–water partition coefficient (Wildman–Crippen LogP) is 1.75. The van der Waals surface area contributed by atoms with Gasteiger partial charge in [0.2, 0.25) is 0 Å². The van der Waals surface area contributed by atoms with Crippen LogP contribution >= 0.6 is 0 Å². The zero-order valence-corrected chi connectivity index (χ0v) is 12.8. The number of amides is 2. The summed E-state index contributed by atoms with van der Waals surface area (Å²) in [5, 5.41) is 3.67. The minimum atomic E-state index is -0.747. The summed E-state index contributed by atoms with van der Waals surface area (Å²) in [6.45, 7) is 3.49. The Labute approximate surface area is 125 Å². The third-order valence-corrected chi connectivity index (χ3v) is 2.80. The lowest BCUT2D eigenvalue weighted by Gasteiger charge is -2.23. The Hall–Kier alpha value is -2.08. The van der Waals surface area contributed by atoms with Gasteiger partial charge in [0, 0.05) is 13.5 Å². The van der Waals surface area contributed by atoms with Crippen LogP contribution in [0.3, 0.4) is 0 Å². The van der Waals surface area contributed by atoms with Crippen molar-refractivity contribution in [2.75, 3.05) is 14.2 Å². The highest BCUT2D eigenvalue weighted by Crippen LogP contribution is 2.06. The Morgan fingerprint density at radius 2 is 1.86 bits per heavy atom. The number of likely N-dealkylation sites (N-methyl/N-ethyl adjacent to an activating group) is 1. The fourth-order valence-corrected chi connectivity index (χ4v) is 1.75. The highest BCUT2D eigenvalue weighted by atomic mass is 16.7. The first kappa shape index (κ1) is 17.0. The van der Waals surface area contributed by atoms with Crippen LogP contribution in [0.2, 0.25) is 0 Å². The number of carbonyl (C=O) groups is 2. The first-order chi connectivity index (χ1) is 9.93. The van der Waals surface area contributed by atoms with Crippen molar-refractivity contribution >= 4 is 12.0 Å². The van der Waals surface area contributed by atoms with Crippen LogP contribution in [-0.4, -0.2) is 43.4 Å². The van der Waals surface area contributed by atoms with E-state index >= 15 is 0 Å². The molecule has 1 atom stereocenters. The molecule has 21 heavy (non-hydrogen) atoms. The maximum Gasteiger partial charge on any atom is 0.408 e. The second-order valence-electron chi connectivity index (χ2n) is 4.86. The number of nitrogens with one attached hydrogen (secondary N) is 1. The van der Waals surface area contributed by atoms with E-state index in [-0.39, 0.29) is 12.0 Å². The van der Waals surface area contributed by atoms with Gasteiger partial charge in [-0.15, -0.1) is 0 Å². The highest BCUT2D eigenvalue weighted by Gasteiger charge is 2.25. The smallest absolute Gasteiger partial charge is 0.408 e. The molecule has 0 radical (unpaired) electrons. The molecule has 6 heteroatoms. The fourth-order valence-electron chi connectivity index (χ4n) is 1.75. The van der Waals surface area contributed by atoms with Crippen LogP contribution in [0.25, 0.3) is 0 Å². The Balaban J connectivity index is 2.79. The minimum absolute atomic E-state index is 0.252. The average molecular weight is 294 g/mol. The van der Waals surface area contributed by atoms with Crippen LogP contribution in [0.5, 0.6) is 0 Å². The first-order valence-electron chi connectivity index (χ1n) is 6.76. The van der Waals surface area contributed by atoms with Crippen LogP contribution in [0, 0.1) is 0 Å². The molecule has 2 amide bonds. The van der Waals surface area contributed by atoms with E-state index in [9.17, 15) is 9.59 Å². The van der Waals surface area contributed by atoms with Gasteiger partial charge in [0.15, 0.2) is 0 Å². The molecule has 0 fully saturated rings. The Bertz CT molecular complexity index is 462.